The highest BCUT2D eigenvalue weighted by Gasteiger charge is 2.48. The summed E-state index contributed by atoms with van der Waals surface area (Å²) in [5, 5.41) is 58.5. The molecule has 0 aromatic heterocycles. The Morgan fingerprint density at radius 1 is 0.667 bits per heavy atom. The first-order valence-electron chi connectivity index (χ1n) is 6.78. The van der Waals surface area contributed by atoms with Crippen molar-refractivity contribution in [2.75, 3.05) is 0 Å². The van der Waals surface area contributed by atoms with Gasteiger partial charge in [0.15, 0.2) is 12.6 Å². The van der Waals surface area contributed by atoms with Crippen molar-refractivity contribution in [3.8, 4) is 0 Å². The van der Waals surface area contributed by atoms with Crippen molar-refractivity contribution < 1.29 is 44.8 Å². The van der Waals surface area contributed by atoms with Crippen LogP contribution in [-0.4, -0.2) is 92.1 Å². The Kier molecular flexibility index (Phi) is 5.19. The Morgan fingerprint density at radius 3 is 1.81 bits per heavy atom. The fourth-order valence-electron chi connectivity index (χ4n) is 2.45. The molecule has 2 rings (SSSR count). The molecule has 21 heavy (non-hydrogen) atoms. The Labute approximate surface area is 121 Å². The van der Waals surface area contributed by atoms with Crippen LogP contribution in [0.25, 0.3) is 0 Å². The molecule has 0 saturated carbocycles. The lowest BCUT2D eigenvalue weighted by Gasteiger charge is -2.44. The highest BCUT2D eigenvalue weighted by Crippen LogP contribution is 2.28. The molecular formula is C12H22O9. The van der Waals surface area contributed by atoms with Gasteiger partial charge in [0, 0.05) is 0 Å². The largest absolute Gasteiger partial charge is 0.388 e. The predicted molar refractivity (Wildman–Crippen MR) is 65.8 cm³/mol. The second-order valence-corrected chi connectivity index (χ2v) is 5.50. The van der Waals surface area contributed by atoms with Gasteiger partial charge in [0.2, 0.25) is 0 Å². The summed E-state index contributed by atoms with van der Waals surface area (Å²) in [5.41, 5.74) is 0. The van der Waals surface area contributed by atoms with Crippen LogP contribution >= 0.6 is 0 Å². The van der Waals surface area contributed by atoms with Gasteiger partial charge in [0.25, 0.3) is 0 Å². The second kappa shape index (κ2) is 6.41. The molecule has 0 aromatic carbocycles. The van der Waals surface area contributed by atoms with E-state index in [1.807, 2.05) is 0 Å². The van der Waals surface area contributed by atoms with Crippen molar-refractivity contribution in [1.82, 2.24) is 0 Å². The van der Waals surface area contributed by atoms with Crippen LogP contribution in [0.3, 0.4) is 0 Å². The van der Waals surface area contributed by atoms with Gasteiger partial charge in [-0.05, 0) is 13.8 Å². The number of hydrogen-bond donors (Lipinski definition) is 6. The zero-order chi connectivity index (χ0) is 15.9. The summed E-state index contributed by atoms with van der Waals surface area (Å²) in [6.45, 7) is 2.94. The van der Waals surface area contributed by atoms with E-state index >= 15 is 0 Å². The van der Waals surface area contributed by atoms with Gasteiger partial charge in [-0.2, -0.15) is 0 Å². The molecule has 124 valence electrons. The van der Waals surface area contributed by atoms with E-state index in [1.54, 1.807) is 0 Å². The summed E-state index contributed by atoms with van der Waals surface area (Å²) in [5.74, 6) is 0. The summed E-state index contributed by atoms with van der Waals surface area (Å²) >= 11 is 0. The van der Waals surface area contributed by atoms with E-state index in [-0.39, 0.29) is 0 Å². The normalized spacial score (nSPS) is 55.4. The van der Waals surface area contributed by atoms with Crippen molar-refractivity contribution in [2.24, 2.45) is 0 Å². The Morgan fingerprint density at radius 2 is 1.19 bits per heavy atom. The van der Waals surface area contributed by atoms with E-state index in [2.05, 4.69) is 0 Å². The summed E-state index contributed by atoms with van der Waals surface area (Å²) in [7, 11) is 0. The molecule has 0 bridgehead atoms. The van der Waals surface area contributed by atoms with Crippen molar-refractivity contribution in [3.05, 3.63) is 0 Å². The average molecular weight is 310 g/mol. The number of ether oxygens (including phenoxy) is 3. The van der Waals surface area contributed by atoms with Gasteiger partial charge in [-0.15, -0.1) is 0 Å². The maximum Gasteiger partial charge on any atom is 0.187 e. The minimum atomic E-state index is -1.58. The first kappa shape index (κ1) is 17.0. The molecule has 2 fully saturated rings. The average Bonchev–Trinajstić information content (AvgIpc) is 2.44. The SMILES string of the molecule is C[C@H]1O[C@@H](O)[C@@H](O[C@@H]2O[C@H](C)[C@@H](O)[C@H](O)[C@@H]2O)[C@H](O)[C@H]1O. The molecule has 2 aliphatic heterocycles. The van der Waals surface area contributed by atoms with Gasteiger partial charge in [0.05, 0.1) is 12.2 Å². The van der Waals surface area contributed by atoms with Crippen LogP contribution in [0, 0.1) is 0 Å². The molecule has 6 N–H and O–H groups in total. The Balaban J connectivity index is 2.06. The van der Waals surface area contributed by atoms with E-state index in [0.29, 0.717) is 0 Å². The lowest BCUT2D eigenvalue weighted by atomic mass is 9.98. The molecule has 0 unspecified atom stereocenters. The van der Waals surface area contributed by atoms with Crippen LogP contribution in [0.1, 0.15) is 13.8 Å². The molecule has 9 heteroatoms. The fourth-order valence-corrected chi connectivity index (χ4v) is 2.45. The molecule has 2 aliphatic rings. The van der Waals surface area contributed by atoms with Crippen LogP contribution < -0.4 is 0 Å². The van der Waals surface area contributed by atoms with Crippen LogP contribution in [0.4, 0.5) is 0 Å². The molecule has 0 aliphatic carbocycles. The number of rotatable bonds is 2. The predicted octanol–water partition coefficient (Wildman–Crippen LogP) is -3.34. The van der Waals surface area contributed by atoms with Crippen LogP contribution in [0.5, 0.6) is 0 Å². The van der Waals surface area contributed by atoms with Crippen molar-refractivity contribution in [3.63, 3.8) is 0 Å². The highest BCUT2D eigenvalue weighted by atomic mass is 16.7. The second-order valence-electron chi connectivity index (χ2n) is 5.50. The highest BCUT2D eigenvalue weighted by molar-refractivity contribution is 4.91. The summed E-state index contributed by atoms with van der Waals surface area (Å²) in [6, 6.07) is 0. The summed E-state index contributed by atoms with van der Waals surface area (Å²) < 4.78 is 15.5. The minimum Gasteiger partial charge on any atom is -0.388 e. The van der Waals surface area contributed by atoms with E-state index in [1.165, 1.54) is 13.8 Å². The maximum atomic E-state index is 9.91. The van der Waals surface area contributed by atoms with Gasteiger partial charge in [-0.1, -0.05) is 0 Å². The third-order valence-electron chi connectivity index (χ3n) is 3.90. The van der Waals surface area contributed by atoms with E-state index in [4.69, 9.17) is 14.2 Å². The zero-order valence-electron chi connectivity index (χ0n) is 11.7. The molecule has 0 spiro atoms. The third-order valence-corrected chi connectivity index (χ3v) is 3.90. The fraction of sp³-hybridized carbons (Fsp3) is 1.00. The molecule has 2 heterocycles. The molecule has 10 atom stereocenters. The van der Waals surface area contributed by atoms with Crippen molar-refractivity contribution >= 4 is 0 Å². The maximum absolute atomic E-state index is 9.91. The lowest BCUT2D eigenvalue weighted by molar-refractivity contribution is -0.356. The summed E-state index contributed by atoms with van der Waals surface area (Å²) in [4.78, 5) is 0. The van der Waals surface area contributed by atoms with Crippen LogP contribution in [0.2, 0.25) is 0 Å². The first-order chi connectivity index (χ1) is 9.73. The van der Waals surface area contributed by atoms with Gasteiger partial charge in [-0.3, -0.25) is 0 Å². The van der Waals surface area contributed by atoms with E-state index in [9.17, 15) is 30.6 Å². The standard InChI is InChI=1S/C12H22O9/c1-3-6(14)8(16)10(11(18)19-3)21-12-9(17)7(15)5(13)4(2)20-12/h3-18H,1-2H3/t3-,4-,5-,6+,7+,8-,9+,10+,11-,12+/m1/s1. The minimum absolute atomic E-state index is 0.793. The van der Waals surface area contributed by atoms with Gasteiger partial charge in [0.1, 0.15) is 36.6 Å². The van der Waals surface area contributed by atoms with Crippen molar-refractivity contribution in [2.45, 2.75) is 75.3 Å². The number of aliphatic hydroxyl groups is 6. The molecular weight excluding hydrogens is 288 g/mol. The number of hydrogen-bond acceptors (Lipinski definition) is 9. The van der Waals surface area contributed by atoms with Crippen molar-refractivity contribution in [1.29, 1.82) is 0 Å². The van der Waals surface area contributed by atoms with Gasteiger partial charge in [-0.25, -0.2) is 0 Å². The quantitative estimate of drug-likeness (QED) is 0.308. The first-order valence-corrected chi connectivity index (χ1v) is 6.78. The van der Waals surface area contributed by atoms with Crippen LogP contribution in [-0.2, 0) is 14.2 Å². The Bertz CT molecular complexity index is 354. The molecule has 0 aromatic rings. The Hall–Kier alpha value is -0.360. The van der Waals surface area contributed by atoms with Crippen LogP contribution in [0.15, 0.2) is 0 Å². The van der Waals surface area contributed by atoms with E-state index in [0.717, 1.165) is 0 Å². The van der Waals surface area contributed by atoms with Gasteiger partial charge >= 0.3 is 0 Å². The van der Waals surface area contributed by atoms with E-state index < -0.39 is 61.4 Å². The molecule has 2 saturated heterocycles. The monoisotopic (exact) mass is 310 g/mol. The topological polar surface area (TPSA) is 149 Å². The molecule has 9 nitrogen and oxygen atoms in total. The smallest absolute Gasteiger partial charge is 0.187 e. The molecule has 0 radical (unpaired) electrons. The summed E-state index contributed by atoms with van der Waals surface area (Å²) in [6.07, 6.45) is -13.0. The number of aliphatic hydroxyl groups excluding tert-OH is 6. The third kappa shape index (κ3) is 3.21. The lowest BCUT2D eigenvalue weighted by Crippen LogP contribution is -2.62. The molecule has 0 amide bonds. The zero-order valence-corrected chi connectivity index (χ0v) is 11.7. The van der Waals surface area contributed by atoms with Gasteiger partial charge < -0.3 is 44.8 Å².